The van der Waals surface area contributed by atoms with Crippen molar-refractivity contribution in [3.8, 4) is 0 Å². The van der Waals surface area contributed by atoms with E-state index >= 15 is 0 Å². The maximum absolute atomic E-state index is 7.50. The van der Waals surface area contributed by atoms with E-state index in [1.54, 1.807) is 0 Å². The smallest absolute Gasteiger partial charge is 0.312 e. The Hall–Kier alpha value is 1.09. The van der Waals surface area contributed by atoms with E-state index in [-0.39, 0.29) is 16.5 Å². The van der Waals surface area contributed by atoms with Crippen LogP contribution in [0.2, 0.25) is 0 Å². The minimum absolute atomic E-state index is 0. The Bertz CT molecular complexity index is 952. The van der Waals surface area contributed by atoms with Crippen LogP contribution in [-0.2, 0) is 62.0 Å². The van der Waals surface area contributed by atoms with Crippen LogP contribution in [-0.4, -0.2) is 66.3 Å². The maximum Gasteiger partial charge on any atom is 0.332 e. The topological polar surface area (TPSA) is 100 Å². The molecule has 0 aromatic rings. The van der Waals surface area contributed by atoms with Crippen molar-refractivity contribution < 1.29 is 62.0 Å². The van der Waals surface area contributed by atoms with E-state index in [4.69, 9.17) is 45.5 Å². The first kappa shape index (κ1) is 96.8. The molecule has 0 heterocycles. The van der Waals surface area contributed by atoms with E-state index in [1.165, 1.54) is 173 Å². The van der Waals surface area contributed by atoms with Gasteiger partial charge in [-0.2, -0.15) is 0 Å². The SMILES string of the molecule is CC(C)CCCCCOP(OCCCCCC(C)C)OCCCCCC(C)C.CC(C)CCCCCOP(OCCCCCC(C)C)OCCCCCC(C)C.CC(C)CCCCCOP(OCCCCCC(C)C)OCCCCCC(C)C.[C]=O.[Ni]. The van der Waals surface area contributed by atoms with Crippen molar-refractivity contribution in [1.82, 2.24) is 0 Å². The Labute approximate surface area is 560 Å². The van der Waals surface area contributed by atoms with Crippen molar-refractivity contribution >= 4 is 32.6 Å². The van der Waals surface area contributed by atoms with E-state index in [0.29, 0.717) is 0 Å². The first-order valence-electron chi connectivity index (χ1n) is 36.5. The molecule has 0 amide bonds. The fourth-order valence-electron chi connectivity index (χ4n) is 9.07. The molecular weight excluding hydrogens is 1190 g/mol. The predicted molar refractivity (Wildman–Crippen MR) is 380 cm³/mol. The maximum atomic E-state index is 7.50. The Morgan fingerprint density at radius 3 is 0.356 bits per heavy atom. The first-order valence-corrected chi connectivity index (χ1v) is 39.8. The molecule has 0 aromatic heterocycles. The standard InChI is InChI=1S/3C24H51O3P.CO.Ni/c3*1-22(2)16-10-7-13-19-25-28(26-20-14-8-11-17-23(3)4)27-21-15-9-12-18-24(5)6;1-2;/h3*22-24H,7-21H2,1-6H3;;. The average Bonchev–Trinajstić information content (AvgIpc) is 3.45. The molecule has 0 bridgehead atoms. The van der Waals surface area contributed by atoms with Gasteiger partial charge in [0.25, 0.3) is 6.79 Å². The second-order valence-corrected chi connectivity index (χ2v) is 32.0. The molecule has 0 rings (SSSR count). The third kappa shape index (κ3) is 93.6. The van der Waals surface area contributed by atoms with Gasteiger partial charge in [0.15, 0.2) is 0 Å². The number of hydrogen-bond acceptors (Lipinski definition) is 10. The molecule has 0 spiro atoms. The van der Waals surface area contributed by atoms with Crippen molar-refractivity contribution in [2.75, 3.05) is 59.5 Å². The van der Waals surface area contributed by atoms with Gasteiger partial charge >= 0.3 is 25.8 Å². The average molecular weight is 1340 g/mol. The number of carbonyl (C=O) groups excluding carboxylic acids is 1. The van der Waals surface area contributed by atoms with Crippen molar-refractivity contribution in [3.05, 3.63) is 0 Å². The molecule has 87 heavy (non-hydrogen) atoms. The first-order chi connectivity index (χ1) is 41.2. The summed E-state index contributed by atoms with van der Waals surface area (Å²) in [6.07, 6.45) is 44.7. The Kier molecular flexibility index (Phi) is 86.5. The van der Waals surface area contributed by atoms with E-state index in [1.807, 2.05) is 0 Å². The van der Waals surface area contributed by atoms with Gasteiger partial charge in [-0.1, -0.05) is 298 Å². The summed E-state index contributed by atoms with van der Waals surface area (Å²) in [5.74, 6) is 7.22. The molecule has 10 nitrogen and oxygen atoms in total. The van der Waals surface area contributed by atoms with E-state index < -0.39 is 25.8 Å². The van der Waals surface area contributed by atoms with Crippen LogP contribution in [0.15, 0.2) is 0 Å². The van der Waals surface area contributed by atoms with Gasteiger partial charge in [0, 0.05) is 16.5 Å². The van der Waals surface area contributed by atoms with Gasteiger partial charge in [-0.15, -0.1) is 0 Å². The minimum Gasteiger partial charge on any atom is -0.312 e. The monoisotopic (exact) mass is 1340 g/mol. The summed E-state index contributed by atoms with van der Waals surface area (Å²) in [5.41, 5.74) is 0. The molecule has 14 heteroatoms. The van der Waals surface area contributed by atoms with Crippen LogP contribution >= 0.6 is 25.8 Å². The van der Waals surface area contributed by atoms with Gasteiger partial charge in [-0.25, -0.2) is 0 Å². The fourth-order valence-corrected chi connectivity index (χ4v) is 12.2. The summed E-state index contributed by atoms with van der Waals surface area (Å²) in [7, 11) is -3.48. The molecule has 0 fully saturated rings. The van der Waals surface area contributed by atoms with Crippen LogP contribution in [0.3, 0.4) is 0 Å². The van der Waals surface area contributed by atoms with Gasteiger partial charge in [0.05, 0.1) is 59.5 Å². The van der Waals surface area contributed by atoms with Gasteiger partial charge < -0.3 is 40.7 Å². The molecule has 0 aliphatic heterocycles. The number of rotatable bonds is 63. The summed E-state index contributed by atoms with van der Waals surface area (Å²) in [4.78, 5) is 7.50. The summed E-state index contributed by atoms with van der Waals surface area (Å²) in [5, 5.41) is 0. The molecule has 0 unspecified atom stereocenters. The number of hydrogen-bond donors (Lipinski definition) is 0. The summed E-state index contributed by atoms with van der Waals surface area (Å²) in [6, 6.07) is 0. The third-order valence-electron chi connectivity index (χ3n) is 14.6. The Morgan fingerprint density at radius 2 is 0.276 bits per heavy atom. The normalized spacial score (nSPS) is 11.8. The van der Waals surface area contributed by atoms with Crippen LogP contribution in [0.4, 0.5) is 0 Å². The van der Waals surface area contributed by atoms with Crippen LogP contribution in [0, 0.1) is 53.3 Å². The van der Waals surface area contributed by atoms with Crippen LogP contribution < -0.4 is 0 Å². The molecular formula is C73H153NiO10P3. The molecule has 0 saturated carbocycles. The molecule has 530 valence electrons. The van der Waals surface area contributed by atoms with E-state index in [9.17, 15) is 0 Å². The zero-order valence-electron chi connectivity index (χ0n) is 61.3. The molecule has 0 aliphatic carbocycles. The van der Waals surface area contributed by atoms with Gasteiger partial charge in [-0.3, -0.25) is 4.79 Å². The molecule has 2 radical (unpaired) electrons. The second kappa shape index (κ2) is 77.8. The van der Waals surface area contributed by atoms with Crippen LogP contribution in [0.1, 0.15) is 356 Å². The summed E-state index contributed by atoms with van der Waals surface area (Å²) < 4.78 is 53.6. The second-order valence-electron chi connectivity index (χ2n) is 28.4. The van der Waals surface area contributed by atoms with Crippen molar-refractivity contribution in [2.45, 2.75) is 356 Å². The van der Waals surface area contributed by atoms with Crippen molar-refractivity contribution in [2.24, 2.45) is 53.3 Å². The predicted octanol–water partition coefficient (Wildman–Crippen LogP) is 26.3. The summed E-state index contributed by atoms with van der Waals surface area (Å²) in [6.45, 7) is 52.7. The molecule has 0 aromatic carbocycles. The fraction of sp³-hybridized carbons (Fsp3) is 0.986. The van der Waals surface area contributed by atoms with Gasteiger partial charge in [-0.05, 0) is 111 Å². The van der Waals surface area contributed by atoms with Crippen molar-refractivity contribution in [1.29, 1.82) is 0 Å². The molecule has 0 atom stereocenters. The van der Waals surface area contributed by atoms with Gasteiger partial charge in [0.1, 0.15) is 0 Å². The zero-order chi connectivity index (χ0) is 65.1. The van der Waals surface area contributed by atoms with Gasteiger partial charge in [0.2, 0.25) is 0 Å². The van der Waals surface area contributed by atoms with Crippen LogP contribution in [0.25, 0.3) is 0 Å². The molecule has 0 saturated heterocycles. The zero-order valence-corrected chi connectivity index (χ0v) is 64.9. The quantitative estimate of drug-likeness (QED) is 0.0332. The minimum atomic E-state index is -1.16. The third-order valence-corrected chi connectivity index (χ3v) is 18.1. The van der Waals surface area contributed by atoms with Crippen LogP contribution in [0.5, 0.6) is 0 Å². The largest absolute Gasteiger partial charge is 0.332 e. The number of unbranched alkanes of at least 4 members (excludes halogenated alkanes) is 18. The Balaban J connectivity index is -0.000000378. The van der Waals surface area contributed by atoms with Crippen molar-refractivity contribution in [3.63, 3.8) is 0 Å². The molecule has 0 aliphatic rings. The Morgan fingerprint density at radius 1 is 0.184 bits per heavy atom. The molecule has 0 N–H and O–H groups in total. The summed E-state index contributed by atoms with van der Waals surface area (Å²) >= 11 is 0. The van der Waals surface area contributed by atoms with E-state index in [2.05, 4.69) is 131 Å². The van der Waals surface area contributed by atoms with E-state index in [0.717, 1.165) is 171 Å².